The summed E-state index contributed by atoms with van der Waals surface area (Å²) in [4.78, 5) is 29.9. The van der Waals surface area contributed by atoms with Crippen LogP contribution in [0, 0.1) is 11.6 Å². The molecule has 13 heteroatoms. The molecule has 45 heavy (non-hydrogen) atoms. The minimum Gasteiger partial charge on any atom is -0.508 e. The Bertz CT molecular complexity index is 1810. The SMILES string of the molecule is O=C1CCN(CCO)c2nc(OC[C@@]34CCCN3C[C@H](F)C4)nc3c(F)c(ncc23)-c2cc(O)cc3ccc(F)c(c23)CCO1. The van der Waals surface area contributed by atoms with E-state index in [1.807, 2.05) is 0 Å². The molecular formula is C32H32F3N5O5. The fraction of sp³-hybridized carbons (Fsp3) is 0.438. The zero-order chi connectivity index (χ0) is 31.3. The van der Waals surface area contributed by atoms with Crippen LogP contribution in [0.15, 0.2) is 30.5 Å². The number of ether oxygens (including phenoxy) is 2. The highest BCUT2D eigenvalue weighted by molar-refractivity contribution is 6.01. The Kier molecular flexibility index (Phi) is 7.60. The van der Waals surface area contributed by atoms with E-state index in [1.165, 1.54) is 30.5 Å². The summed E-state index contributed by atoms with van der Waals surface area (Å²) in [6, 6.07) is 5.32. The monoisotopic (exact) mass is 623 g/mol. The van der Waals surface area contributed by atoms with E-state index in [2.05, 4.69) is 19.9 Å². The van der Waals surface area contributed by atoms with Crippen molar-refractivity contribution in [1.29, 1.82) is 0 Å². The van der Waals surface area contributed by atoms with Crippen LogP contribution in [0.2, 0.25) is 0 Å². The number of carbonyl (C=O) groups is 1. The van der Waals surface area contributed by atoms with Crippen LogP contribution in [-0.4, -0.2) is 93.7 Å². The number of rotatable bonds is 5. The second kappa shape index (κ2) is 11.6. The zero-order valence-corrected chi connectivity index (χ0v) is 24.4. The molecule has 0 amide bonds. The Labute approximate surface area is 256 Å². The van der Waals surface area contributed by atoms with Gasteiger partial charge in [0.05, 0.1) is 30.6 Å². The maximum absolute atomic E-state index is 16.7. The van der Waals surface area contributed by atoms with Gasteiger partial charge in [-0.25, -0.2) is 13.2 Å². The maximum Gasteiger partial charge on any atom is 0.319 e. The molecule has 0 aliphatic carbocycles. The first-order valence-corrected chi connectivity index (χ1v) is 15.1. The number of phenols is 1. The Morgan fingerprint density at radius 2 is 2.02 bits per heavy atom. The zero-order valence-electron chi connectivity index (χ0n) is 24.4. The average Bonchev–Trinajstić information content (AvgIpc) is 3.54. The van der Waals surface area contributed by atoms with Gasteiger partial charge < -0.3 is 24.6 Å². The number of aromatic nitrogens is 3. The Hall–Kier alpha value is -4.23. The van der Waals surface area contributed by atoms with E-state index in [1.54, 1.807) is 4.90 Å². The number of hydrogen-bond donors (Lipinski definition) is 2. The number of alkyl halides is 1. The number of nitrogens with zero attached hydrogens (tertiary/aromatic N) is 5. The van der Waals surface area contributed by atoms with Gasteiger partial charge in [-0.15, -0.1) is 0 Å². The van der Waals surface area contributed by atoms with E-state index in [9.17, 15) is 19.4 Å². The van der Waals surface area contributed by atoms with Gasteiger partial charge in [0, 0.05) is 44.2 Å². The first-order chi connectivity index (χ1) is 21.8. The molecule has 0 spiro atoms. The van der Waals surface area contributed by atoms with Crippen molar-refractivity contribution in [1.82, 2.24) is 19.9 Å². The molecule has 0 unspecified atom stereocenters. The molecule has 8 rings (SSSR count). The van der Waals surface area contributed by atoms with Crippen molar-refractivity contribution in [2.24, 2.45) is 0 Å². The van der Waals surface area contributed by atoms with E-state index >= 15 is 8.78 Å². The molecule has 2 aromatic heterocycles. The minimum atomic E-state index is -0.970. The van der Waals surface area contributed by atoms with Crippen LogP contribution in [0.25, 0.3) is 32.9 Å². The van der Waals surface area contributed by atoms with E-state index in [4.69, 9.17) is 9.47 Å². The lowest BCUT2D eigenvalue weighted by Gasteiger charge is -2.31. The Morgan fingerprint density at radius 1 is 1.16 bits per heavy atom. The molecule has 0 radical (unpaired) electrons. The molecule has 236 valence electrons. The summed E-state index contributed by atoms with van der Waals surface area (Å²) < 4.78 is 57.9. The number of anilines is 1. The van der Waals surface area contributed by atoms with Crippen LogP contribution < -0.4 is 9.64 Å². The van der Waals surface area contributed by atoms with Crippen molar-refractivity contribution in [2.75, 3.05) is 50.9 Å². The fourth-order valence-electron chi connectivity index (χ4n) is 7.10. The molecule has 2 saturated heterocycles. The van der Waals surface area contributed by atoms with Gasteiger partial charge in [-0.3, -0.25) is 14.7 Å². The molecule has 10 nitrogen and oxygen atoms in total. The van der Waals surface area contributed by atoms with Crippen molar-refractivity contribution >= 4 is 33.5 Å². The Balaban J connectivity index is 1.42. The van der Waals surface area contributed by atoms with Crippen molar-refractivity contribution in [3.05, 3.63) is 47.7 Å². The number of esters is 1. The number of benzene rings is 2. The summed E-state index contributed by atoms with van der Waals surface area (Å²) in [7, 11) is 0. The first kappa shape index (κ1) is 29.5. The highest BCUT2D eigenvalue weighted by atomic mass is 19.1. The van der Waals surface area contributed by atoms with Gasteiger partial charge >= 0.3 is 12.0 Å². The summed E-state index contributed by atoms with van der Waals surface area (Å²) in [6.45, 7) is 0.882. The molecule has 6 heterocycles. The lowest BCUT2D eigenvalue weighted by Crippen LogP contribution is -2.43. The second-order valence-electron chi connectivity index (χ2n) is 11.9. The van der Waals surface area contributed by atoms with Gasteiger partial charge in [-0.2, -0.15) is 9.97 Å². The molecule has 4 aromatic rings. The third kappa shape index (κ3) is 5.27. The number of aromatic hydroxyl groups is 1. The standard InChI is InChI=1S/C32H32F3N5O5/c33-19-14-32(6-1-7-40(32)16-19)17-45-31-37-29-23-15-36-28(27(29)35)22-13-20(42)12-18-2-3-24(34)21(26(18)22)5-11-44-25(43)4-8-39(9-10-41)30(23)38-31/h2-3,12-13,15,19,41-42H,1,4-11,14,16-17H2/t19-,32+/m1/s1. The predicted octanol–water partition coefficient (Wildman–Crippen LogP) is 4.07. The van der Waals surface area contributed by atoms with E-state index in [-0.39, 0.29) is 91.1 Å². The summed E-state index contributed by atoms with van der Waals surface area (Å²) >= 11 is 0. The van der Waals surface area contributed by atoms with Crippen molar-refractivity contribution in [3.8, 4) is 23.0 Å². The first-order valence-electron chi connectivity index (χ1n) is 15.1. The number of carbonyl (C=O) groups excluding carboxylic acids is 1. The van der Waals surface area contributed by atoms with Gasteiger partial charge in [0.2, 0.25) is 0 Å². The van der Waals surface area contributed by atoms with Gasteiger partial charge in [-0.1, -0.05) is 6.07 Å². The number of phenolic OH excluding ortho intramolecular Hbond substituents is 1. The normalized spacial score (nSPS) is 22.2. The third-order valence-corrected chi connectivity index (χ3v) is 9.15. The van der Waals surface area contributed by atoms with Crippen molar-refractivity contribution in [3.63, 3.8) is 0 Å². The number of aliphatic hydroxyl groups excluding tert-OH is 1. The third-order valence-electron chi connectivity index (χ3n) is 9.15. The number of halogens is 3. The molecule has 4 aliphatic heterocycles. The molecular weight excluding hydrogens is 591 g/mol. The smallest absolute Gasteiger partial charge is 0.319 e. The quantitative estimate of drug-likeness (QED) is 0.315. The van der Waals surface area contributed by atoms with E-state index < -0.39 is 29.3 Å². The largest absolute Gasteiger partial charge is 0.508 e. The maximum atomic E-state index is 16.7. The summed E-state index contributed by atoms with van der Waals surface area (Å²) in [5.74, 6) is -1.96. The topological polar surface area (TPSA) is 121 Å². The number of fused-ring (bicyclic) bond motifs is 8. The van der Waals surface area contributed by atoms with E-state index in [0.29, 0.717) is 23.7 Å². The number of aliphatic hydroxyl groups is 1. The summed E-state index contributed by atoms with van der Waals surface area (Å²) in [6.07, 6.45) is 2.29. The minimum absolute atomic E-state index is 0.000949. The van der Waals surface area contributed by atoms with Crippen molar-refractivity contribution in [2.45, 2.75) is 43.8 Å². The highest BCUT2D eigenvalue weighted by Crippen LogP contribution is 2.42. The van der Waals surface area contributed by atoms with Crippen LogP contribution in [-0.2, 0) is 16.0 Å². The van der Waals surface area contributed by atoms with Crippen molar-refractivity contribution < 1.29 is 37.7 Å². The molecule has 4 aliphatic rings. The number of pyridine rings is 1. The summed E-state index contributed by atoms with van der Waals surface area (Å²) in [5, 5.41) is 21.4. The van der Waals surface area contributed by atoms with Crippen LogP contribution >= 0.6 is 0 Å². The Morgan fingerprint density at radius 3 is 2.87 bits per heavy atom. The average molecular weight is 624 g/mol. The second-order valence-corrected chi connectivity index (χ2v) is 11.9. The summed E-state index contributed by atoms with van der Waals surface area (Å²) in [5.41, 5.74) is -0.516. The van der Waals surface area contributed by atoms with Gasteiger partial charge in [-0.05, 0) is 53.9 Å². The molecule has 2 atom stereocenters. The lowest BCUT2D eigenvalue weighted by atomic mass is 9.94. The predicted molar refractivity (Wildman–Crippen MR) is 159 cm³/mol. The van der Waals surface area contributed by atoms with Crippen LogP contribution in [0.1, 0.15) is 31.2 Å². The van der Waals surface area contributed by atoms with Gasteiger partial charge in [0.1, 0.15) is 41.4 Å². The van der Waals surface area contributed by atoms with Crippen LogP contribution in [0.4, 0.5) is 19.0 Å². The highest BCUT2D eigenvalue weighted by Gasteiger charge is 2.49. The lowest BCUT2D eigenvalue weighted by molar-refractivity contribution is -0.143. The van der Waals surface area contributed by atoms with Gasteiger partial charge in [0.15, 0.2) is 5.82 Å². The number of hydrogen-bond acceptors (Lipinski definition) is 10. The van der Waals surface area contributed by atoms with Crippen LogP contribution in [0.3, 0.4) is 0 Å². The van der Waals surface area contributed by atoms with Crippen LogP contribution in [0.5, 0.6) is 11.8 Å². The molecule has 2 N–H and O–H groups in total. The van der Waals surface area contributed by atoms with Gasteiger partial charge in [0.25, 0.3) is 0 Å². The molecule has 4 bridgehead atoms. The molecule has 2 fully saturated rings. The molecule has 2 aromatic carbocycles. The molecule has 0 saturated carbocycles. The van der Waals surface area contributed by atoms with E-state index in [0.717, 1.165) is 19.4 Å². The fourth-order valence-corrected chi connectivity index (χ4v) is 7.10.